The lowest BCUT2D eigenvalue weighted by atomic mass is 10.0. The fourth-order valence-corrected chi connectivity index (χ4v) is 3.96. The van der Waals surface area contributed by atoms with Crippen LogP contribution >= 0.6 is 11.6 Å². The van der Waals surface area contributed by atoms with Crippen molar-refractivity contribution in [2.24, 2.45) is 0 Å². The largest absolute Gasteiger partial charge is 0.471 e. The summed E-state index contributed by atoms with van der Waals surface area (Å²) in [5.74, 6) is 0.213. The van der Waals surface area contributed by atoms with Crippen LogP contribution in [-0.2, 0) is 11.3 Å². The fraction of sp³-hybridized carbons (Fsp3) is 0.455. The molecular weight excluding hydrogens is 390 g/mol. The van der Waals surface area contributed by atoms with Crippen LogP contribution in [0.2, 0.25) is 5.02 Å². The standard InChI is InChI=1S/C22H26ClN3O3/c23-20-12-17(13-24-22(20)29-19-8-11-28-15-19)21(27)25-18-6-9-26(10-7-18)14-16-4-2-1-3-5-16/h1-5,12-13,18-19H,6-11,14-15H2,(H,25,27)/t19-/m0/s1. The number of carbonyl (C=O) groups excluding carboxylic acids is 1. The predicted molar refractivity (Wildman–Crippen MR) is 111 cm³/mol. The summed E-state index contributed by atoms with van der Waals surface area (Å²) in [6.07, 6.45) is 4.19. The molecule has 0 spiro atoms. The summed E-state index contributed by atoms with van der Waals surface area (Å²) in [5.41, 5.74) is 1.78. The van der Waals surface area contributed by atoms with Crippen LogP contribution in [-0.4, -0.2) is 54.2 Å². The number of piperidine rings is 1. The first kappa shape index (κ1) is 20.1. The van der Waals surface area contributed by atoms with E-state index in [1.165, 1.54) is 11.8 Å². The molecule has 154 valence electrons. The molecule has 0 saturated carbocycles. The summed E-state index contributed by atoms with van der Waals surface area (Å²) in [5, 5.41) is 3.46. The molecule has 2 fully saturated rings. The number of nitrogens with zero attached hydrogens (tertiary/aromatic N) is 2. The maximum atomic E-state index is 12.6. The molecule has 1 N–H and O–H groups in total. The van der Waals surface area contributed by atoms with E-state index in [2.05, 4.69) is 39.5 Å². The average molecular weight is 416 g/mol. The minimum Gasteiger partial charge on any atom is -0.471 e. The third kappa shape index (κ3) is 5.47. The second-order valence-corrected chi connectivity index (χ2v) is 8.03. The lowest BCUT2D eigenvalue weighted by Crippen LogP contribution is -2.44. The first-order valence-electron chi connectivity index (χ1n) is 10.1. The van der Waals surface area contributed by atoms with E-state index in [-0.39, 0.29) is 18.1 Å². The average Bonchev–Trinajstić information content (AvgIpc) is 3.25. The third-order valence-corrected chi connectivity index (χ3v) is 5.68. The van der Waals surface area contributed by atoms with Gasteiger partial charge in [-0.2, -0.15) is 0 Å². The van der Waals surface area contributed by atoms with Crippen LogP contribution in [0.3, 0.4) is 0 Å². The molecule has 4 rings (SSSR count). The Morgan fingerprint density at radius 1 is 1.24 bits per heavy atom. The van der Waals surface area contributed by atoms with Gasteiger partial charge in [-0.15, -0.1) is 0 Å². The highest BCUT2D eigenvalue weighted by atomic mass is 35.5. The van der Waals surface area contributed by atoms with E-state index in [0.717, 1.165) is 38.9 Å². The quantitative estimate of drug-likeness (QED) is 0.784. The monoisotopic (exact) mass is 415 g/mol. The van der Waals surface area contributed by atoms with E-state index in [0.29, 0.717) is 29.7 Å². The molecule has 1 atom stereocenters. The van der Waals surface area contributed by atoms with Gasteiger partial charge < -0.3 is 14.8 Å². The molecule has 2 aromatic rings. The molecule has 0 bridgehead atoms. The Morgan fingerprint density at radius 2 is 2.03 bits per heavy atom. The van der Waals surface area contributed by atoms with E-state index in [9.17, 15) is 4.79 Å². The summed E-state index contributed by atoms with van der Waals surface area (Å²) in [7, 11) is 0. The van der Waals surface area contributed by atoms with Crippen LogP contribution in [0.4, 0.5) is 0 Å². The highest BCUT2D eigenvalue weighted by Gasteiger charge is 2.23. The second kappa shape index (κ2) is 9.57. The summed E-state index contributed by atoms with van der Waals surface area (Å²) in [4.78, 5) is 19.3. The molecule has 3 heterocycles. The molecule has 0 aliphatic carbocycles. The number of amides is 1. The van der Waals surface area contributed by atoms with Crippen molar-refractivity contribution in [2.45, 2.75) is 38.0 Å². The minimum atomic E-state index is -0.142. The van der Waals surface area contributed by atoms with Crippen molar-refractivity contribution in [1.29, 1.82) is 0 Å². The maximum absolute atomic E-state index is 12.6. The van der Waals surface area contributed by atoms with Crippen LogP contribution < -0.4 is 10.1 Å². The number of ether oxygens (including phenoxy) is 2. The number of hydrogen-bond donors (Lipinski definition) is 1. The zero-order valence-electron chi connectivity index (χ0n) is 16.4. The zero-order valence-corrected chi connectivity index (χ0v) is 17.1. The molecule has 7 heteroatoms. The summed E-state index contributed by atoms with van der Waals surface area (Å²) < 4.78 is 11.0. The predicted octanol–water partition coefficient (Wildman–Crippen LogP) is 3.30. The highest BCUT2D eigenvalue weighted by Crippen LogP contribution is 2.25. The Morgan fingerprint density at radius 3 is 2.72 bits per heavy atom. The van der Waals surface area contributed by atoms with Gasteiger partial charge >= 0.3 is 0 Å². The van der Waals surface area contributed by atoms with Crippen LogP contribution in [0.1, 0.15) is 35.2 Å². The van der Waals surface area contributed by atoms with Gasteiger partial charge in [-0.3, -0.25) is 9.69 Å². The molecule has 2 aliphatic rings. The van der Waals surface area contributed by atoms with Crippen LogP contribution in [0.15, 0.2) is 42.6 Å². The topological polar surface area (TPSA) is 63.7 Å². The second-order valence-electron chi connectivity index (χ2n) is 7.62. The van der Waals surface area contributed by atoms with Gasteiger partial charge in [0.1, 0.15) is 11.1 Å². The molecule has 29 heavy (non-hydrogen) atoms. The number of nitrogens with one attached hydrogen (secondary N) is 1. The Balaban J connectivity index is 1.26. The van der Waals surface area contributed by atoms with E-state index in [1.807, 2.05) is 6.07 Å². The number of rotatable bonds is 6. The van der Waals surface area contributed by atoms with Gasteiger partial charge in [0.15, 0.2) is 0 Å². The smallest absolute Gasteiger partial charge is 0.253 e. The number of pyridine rings is 1. The Kier molecular flexibility index (Phi) is 6.64. The first-order valence-corrected chi connectivity index (χ1v) is 10.5. The number of benzene rings is 1. The lowest BCUT2D eigenvalue weighted by Gasteiger charge is -2.32. The number of likely N-dealkylation sites (tertiary alicyclic amines) is 1. The first-order chi connectivity index (χ1) is 14.2. The molecule has 6 nitrogen and oxygen atoms in total. The van der Waals surface area contributed by atoms with E-state index >= 15 is 0 Å². The van der Waals surface area contributed by atoms with Crippen molar-refractivity contribution < 1.29 is 14.3 Å². The van der Waals surface area contributed by atoms with Crippen molar-refractivity contribution in [2.75, 3.05) is 26.3 Å². The molecule has 0 unspecified atom stereocenters. The fourth-order valence-electron chi connectivity index (χ4n) is 3.75. The van der Waals surface area contributed by atoms with Gasteiger partial charge in [-0.1, -0.05) is 41.9 Å². The van der Waals surface area contributed by atoms with E-state index in [4.69, 9.17) is 21.1 Å². The van der Waals surface area contributed by atoms with Crippen LogP contribution in [0, 0.1) is 0 Å². The van der Waals surface area contributed by atoms with Crippen LogP contribution in [0.5, 0.6) is 5.88 Å². The number of halogens is 1. The number of hydrogen-bond acceptors (Lipinski definition) is 5. The Bertz CT molecular complexity index is 819. The Labute approximate surface area is 176 Å². The normalized spacial score (nSPS) is 20.5. The van der Waals surface area contributed by atoms with Crippen LogP contribution in [0.25, 0.3) is 0 Å². The maximum Gasteiger partial charge on any atom is 0.253 e. The molecule has 1 amide bonds. The molecule has 2 aliphatic heterocycles. The number of carbonyl (C=O) groups is 1. The van der Waals surface area contributed by atoms with Gasteiger partial charge in [-0.05, 0) is 24.5 Å². The van der Waals surface area contributed by atoms with E-state index < -0.39 is 0 Å². The highest BCUT2D eigenvalue weighted by molar-refractivity contribution is 6.32. The molecule has 1 aromatic heterocycles. The van der Waals surface area contributed by atoms with E-state index in [1.54, 1.807) is 6.07 Å². The summed E-state index contributed by atoms with van der Waals surface area (Å²) in [6.45, 7) is 4.12. The molecule has 2 saturated heterocycles. The zero-order chi connectivity index (χ0) is 20.1. The summed E-state index contributed by atoms with van der Waals surface area (Å²) in [6, 6.07) is 12.3. The van der Waals surface area contributed by atoms with Crippen molar-refractivity contribution >= 4 is 17.5 Å². The number of aromatic nitrogens is 1. The molecule has 0 radical (unpaired) electrons. The Hall–Kier alpha value is -2.15. The van der Waals surface area contributed by atoms with Crippen molar-refractivity contribution in [3.63, 3.8) is 0 Å². The summed E-state index contributed by atoms with van der Waals surface area (Å²) >= 11 is 6.28. The van der Waals surface area contributed by atoms with Gasteiger partial charge in [0.25, 0.3) is 5.91 Å². The van der Waals surface area contributed by atoms with Gasteiger partial charge in [0.2, 0.25) is 5.88 Å². The van der Waals surface area contributed by atoms with Gasteiger partial charge in [-0.25, -0.2) is 4.98 Å². The van der Waals surface area contributed by atoms with Gasteiger partial charge in [0.05, 0.1) is 18.8 Å². The van der Waals surface area contributed by atoms with Gasteiger partial charge in [0, 0.05) is 38.3 Å². The third-order valence-electron chi connectivity index (χ3n) is 5.41. The van der Waals surface area contributed by atoms with Crippen molar-refractivity contribution in [3.8, 4) is 5.88 Å². The SMILES string of the molecule is O=C(NC1CCN(Cc2ccccc2)CC1)c1cnc(O[C@H]2CCOC2)c(Cl)c1. The lowest BCUT2D eigenvalue weighted by molar-refractivity contribution is 0.0908. The minimum absolute atomic E-state index is 0.0271. The molecule has 1 aromatic carbocycles. The van der Waals surface area contributed by atoms with Crippen molar-refractivity contribution in [1.82, 2.24) is 15.2 Å². The van der Waals surface area contributed by atoms with Crippen molar-refractivity contribution in [3.05, 3.63) is 58.7 Å². The molecular formula is C22H26ClN3O3.